The number of hydrogen-bond donors (Lipinski definition) is 3. The van der Waals surface area contributed by atoms with Crippen LogP contribution in [0.4, 0.5) is 0 Å². The second kappa shape index (κ2) is 6.35. The van der Waals surface area contributed by atoms with E-state index in [4.69, 9.17) is 50.9 Å². The van der Waals surface area contributed by atoms with E-state index in [1.165, 1.54) is 19.5 Å². The number of rotatable bonds is 3. The number of benzene rings is 1. The molecular formula is C15H14Cl4N3O3P. The first kappa shape index (κ1) is 19.9. The summed E-state index contributed by atoms with van der Waals surface area (Å²) in [6.07, 6.45) is 2.99. The molecule has 11 heteroatoms. The topological polar surface area (TPSA) is 91.3 Å². The number of nitrogens with zero attached hydrogens (tertiary/aromatic N) is 2. The Hall–Kier alpha value is -0.850. The van der Waals surface area contributed by atoms with Crippen LogP contribution in [-0.2, 0) is 3.79 Å². The molecule has 6 nitrogen and oxygen atoms in total. The van der Waals surface area contributed by atoms with Gasteiger partial charge in [0.2, 0.25) is 0 Å². The molecule has 0 aliphatic carbocycles. The Bertz CT molecular complexity index is 986. The molecule has 0 aliphatic rings. The Morgan fingerprint density at radius 3 is 2.50 bits per heavy atom. The second-order valence-electron chi connectivity index (χ2n) is 6.24. The van der Waals surface area contributed by atoms with Crippen molar-refractivity contribution in [3.8, 4) is 17.0 Å². The summed E-state index contributed by atoms with van der Waals surface area (Å²) in [4.78, 5) is 31.2. The molecule has 0 spiro atoms. The molecule has 0 saturated carbocycles. The molecule has 3 N–H and O–H groups in total. The van der Waals surface area contributed by atoms with Gasteiger partial charge >= 0.3 is 169 Å². The third-order valence-corrected chi connectivity index (χ3v) is 4.88. The van der Waals surface area contributed by atoms with E-state index in [2.05, 4.69) is 15.0 Å². The van der Waals surface area contributed by atoms with Crippen LogP contribution in [0.1, 0.15) is 5.56 Å². The second-order valence-corrected chi connectivity index (χ2v) is 12.8. The van der Waals surface area contributed by atoms with Gasteiger partial charge in [0.05, 0.1) is 0 Å². The van der Waals surface area contributed by atoms with Crippen molar-refractivity contribution in [1.82, 2.24) is 15.0 Å². The van der Waals surface area contributed by atoms with Crippen LogP contribution in [0.5, 0.6) is 5.75 Å². The maximum atomic E-state index is 10.1. The Morgan fingerprint density at radius 1 is 1.19 bits per heavy atom. The first-order valence-electron chi connectivity index (χ1n) is 7.23. The summed E-state index contributed by atoms with van der Waals surface area (Å²) in [5.74, 6) is 0.275. The molecule has 2 aromatic heterocycles. The Kier molecular flexibility index (Phi) is 4.86. The molecule has 0 unspecified atom stereocenters. The molecule has 26 heavy (non-hydrogen) atoms. The van der Waals surface area contributed by atoms with Crippen LogP contribution in [0.15, 0.2) is 30.6 Å². The Labute approximate surface area is 169 Å². The average molecular weight is 457 g/mol. The number of H-pyrrole nitrogens is 1. The molecule has 0 bridgehead atoms. The van der Waals surface area contributed by atoms with Gasteiger partial charge in [-0.05, 0) is 0 Å². The molecular weight excluding hydrogens is 443 g/mol. The Morgan fingerprint density at radius 2 is 1.88 bits per heavy atom. The van der Waals surface area contributed by atoms with Crippen LogP contribution in [0.3, 0.4) is 0 Å². The molecule has 3 rings (SSSR count). The summed E-state index contributed by atoms with van der Waals surface area (Å²) in [5.41, 5.74) is 1.73. The monoisotopic (exact) mass is 455 g/mol. The van der Waals surface area contributed by atoms with E-state index >= 15 is 0 Å². The fraction of sp³-hybridized carbons (Fsp3) is 0.200. The molecule has 1 aromatic carbocycles. The fourth-order valence-electron chi connectivity index (χ4n) is 2.46. The quantitative estimate of drug-likeness (QED) is 0.292. The third kappa shape index (κ3) is 4.34. The minimum absolute atomic E-state index is 0.00230. The van der Waals surface area contributed by atoms with Gasteiger partial charge in [0.1, 0.15) is 0 Å². The first-order valence-corrected chi connectivity index (χ1v) is 11.7. The molecule has 0 fully saturated rings. The van der Waals surface area contributed by atoms with Crippen molar-refractivity contribution in [2.45, 2.75) is 3.79 Å². The molecule has 0 radical (unpaired) electrons. The summed E-state index contributed by atoms with van der Waals surface area (Å²) >= 11 is 24.0. The van der Waals surface area contributed by atoms with Gasteiger partial charge in [0.25, 0.3) is 0 Å². The zero-order chi connectivity index (χ0) is 19.4. The molecule has 0 saturated heterocycles. The predicted octanol–water partition coefficient (Wildman–Crippen LogP) is 5.03. The third-order valence-electron chi connectivity index (χ3n) is 3.36. The van der Waals surface area contributed by atoms with E-state index < -0.39 is 11.1 Å². The SMILES string of the molecule is CP(C)(O)(O)Oc1cccc2c(-c3nc(Cl)ncc3C(Cl)(Cl)Cl)c[nH]c12. The van der Waals surface area contributed by atoms with Gasteiger partial charge < -0.3 is 0 Å². The molecule has 3 aromatic rings. The van der Waals surface area contributed by atoms with Gasteiger partial charge in [-0.15, -0.1) is 0 Å². The number of alkyl halides is 3. The number of aromatic nitrogens is 3. The van der Waals surface area contributed by atoms with Crippen LogP contribution in [0.25, 0.3) is 22.2 Å². The van der Waals surface area contributed by atoms with Crippen LogP contribution in [0.2, 0.25) is 5.28 Å². The summed E-state index contributed by atoms with van der Waals surface area (Å²) in [6.45, 7) is 2.50. The van der Waals surface area contributed by atoms with E-state index in [1.807, 2.05) is 0 Å². The summed E-state index contributed by atoms with van der Waals surface area (Å²) in [5, 5.41) is 0.672. The summed E-state index contributed by atoms with van der Waals surface area (Å²) < 4.78 is 3.69. The van der Waals surface area contributed by atoms with E-state index in [0.29, 0.717) is 22.2 Å². The number of nitrogens with one attached hydrogen (secondary N) is 1. The Balaban J connectivity index is 2.22. The molecule has 2 heterocycles. The van der Waals surface area contributed by atoms with Gasteiger partial charge in [0.15, 0.2) is 0 Å². The molecule has 0 amide bonds. The number of para-hydroxylation sites is 1. The van der Waals surface area contributed by atoms with E-state index in [9.17, 15) is 9.79 Å². The number of aromatic amines is 1. The van der Waals surface area contributed by atoms with E-state index in [-0.39, 0.29) is 16.6 Å². The summed E-state index contributed by atoms with van der Waals surface area (Å²) in [6, 6.07) is 5.11. The van der Waals surface area contributed by atoms with Gasteiger partial charge in [-0.3, -0.25) is 0 Å². The van der Waals surface area contributed by atoms with Crippen molar-refractivity contribution in [1.29, 1.82) is 0 Å². The predicted molar refractivity (Wildman–Crippen MR) is 107 cm³/mol. The maximum absolute atomic E-state index is 10.1. The van der Waals surface area contributed by atoms with Crippen LogP contribution in [0, 0.1) is 0 Å². The average Bonchev–Trinajstić information content (AvgIpc) is 2.88. The van der Waals surface area contributed by atoms with Crippen LogP contribution in [-0.4, -0.2) is 38.1 Å². The van der Waals surface area contributed by atoms with Crippen molar-refractivity contribution >= 4 is 64.6 Å². The normalized spacial score (nSPS) is 14.2. The fourth-order valence-corrected chi connectivity index (χ4v) is 3.73. The standard InChI is InChI=1S/C15H14Cl4N3O3P/c1-26(2,23,24)25-11-5-3-4-8-9(6-20-13(8)11)12-10(15(17,18)19)7-21-14(16)22-12/h3-7,20,23-24H,1-2H3. The first-order chi connectivity index (χ1) is 11.8. The summed E-state index contributed by atoms with van der Waals surface area (Å²) in [7, 11) is -4.23. The van der Waals surface area contributed by atoms with Crippen molar-refractivity contribution in [2.24, 2.45) is 0 Å². The van der Waals surface area contributed by atoms with Crippen molar-refractivity contribution < 1.29 is 14.3 Å². The van der Waals surface area contributed by atoms with Gasteiger partial charge in [-0.25, -0.2) is 0 Å². The molecule has 0 atom stereocenters. The van der Waals surface area contributed by atoms with E-state index in [1.54, 1.807) is 24.4 Å². The number of fused-ring (bicyclic) bond motifs is 1. The van der Waals surface area contributed by atoms with Gasteiger partial charge in [0, 0.05) is 0 Å². The van der Waals surface area contributed by atoms with Crippen LogP contribution >= 0.6 is 53.7 Å². The van der Waals surface area contributed by atoms with Gasteiger partial charge in [-0.2, -0.15) is 0 Å². The van der Waals surface area contributed by atoms with Crippen LogP contribution < -0.4 is 4.52 Å². The van der Waals surface area contributed by atoms with E-state index in [0.717, 1.165) is 0 Å². The number of hydrogen-bond acceptors (Lipinski definition) is 5. The van der Waals surface area contributed by atoms with Crippen molar-refractivity contribution in [3.05, 3.63) is 41.4 Å². The van der Waals surface area contributed by atoms with Crippen molar-refractivity contribution in [3.63, 3.8) is 0 Å². The van der Waals surface area contributed by atoms with Gasteiger partial charge in [-0.1, -0.05) is 0 Å². The molecule has 140 valence electrons. The molecule has 0 aliphatic heterocycles. The number of halogens is 4. The van der Waals surface area contributed by atoms with Crippen molar-refractivity contribution in [2.75, 3.05) is 13.3 Å². The minimum atomic E-state index is -4.23. The zero-order valence-electron chi connectivity index (χ0n) is 13.5. The zero-order valence-corrected chi connectivity index (χ0v) is 17.5.